The number of aromatic nitrogens is 1. The number of nitrogens with one attached hydrogen (secondary N) is 1. The predicted octanol–water partition coefficient (Wildman–Crippen LogP) is 1.85. The van der Waals surface area contributed by atoms with Crippen molar-refractivity contribution in [1.82, 2.24) is 9.88 Å². The predicted molar refractivity (Wildman–Crippen MR) is 64.3 cm³/mol. The van der Waals surface area contributed by atoms with Crippen molar-refractivity contribution in [3.8, 4) is 12.3 Å². The fourth-order valence-electron chi connectivity index (χ4n) is 1.63. The summed E-state index contributed by atoms with van der Waals surface area (Å²) in [7, 11) is 3.46. The van der Waals surface area contributed by atoms with Crippen molar-refractivity contribution < 1.29 is 4.79 Å². The number of hydrogen-bond acceptors (Lipinski definition) is 1. The van der Waals surface area contributed by atoms with Crippen LogP contribution in [0, 0.1) is 12.3 Å². The number of aromatic amines is 1. The van der Waals surface area contributed by atoms with Gasteiger partial charge in [-0.2, -0.15) is 0 Å². The summed E-state index contributed by atoms with van der Waals surface area (Å²) in [6.45, 7) is 0. The normalized spacial score (nSPS) is 10.1. The molecule has 1 N–H and O–H groups in total. The van der Waals surface area contributed by atoms with Crippen LogP contribution in [0.5, 0.6) is 0 Å². The van der Waals surface area contributed by atoms with Gasteiger partial charge >= 0.3 is 0 Å². The summed E-state index contributed by atoms with van der Waals surface area (Å²) in [6.07, 6.45) is 7.06. The van der Waals surface area contributed by atoms with E-state index in [-0.39, 0.29) is 5.91 Å². The van der Waals surface area contributed by atoms with Gasteiger partial charge in [0.2, 0.25) is 0 Å². The highest BCUT2D eigenvalue weighted by atomic mass is 16.2. The van der Waals surface area contributed by atoms with E-state index >= 15 is 0 Å². The Morgan fingerprint density at radius 1 is 1.44 bits per heavy atom. The van der Waals surface area contributed by atoms with Crippen LogP contribution in [-0.2, 0) is 0 Å². The van der Waals surface area contributed by atoms with Crippen LogP contribution < -0.4 is 0 Å². The molecule has 0 aliphatic rings. The van der Waals surface area contributed by atoms with Crippen molar-refractivity contribution in [2.45, 2.75) is 0 Å². The minimum atomic E-state index is -0.0274. The third-order valence-electron chi connectivity index (χ3n) is 2.49. The first kappa shape index (κ1) is 10.3. The molecule has 0 fully saturated rings. The lowest BCUT2D eigenvalue weighted by Crippen LogP contribution is -2.21. The van der Waals surface area contributed by atoms with Crippen LogP contribution in [0.4, 0.5) is 0 Å². The van der Waals surface area contributed by atoms with Crippen molar-refractivity contribution in [3.63, 3.8) is 0 Å². The maximum atomic E-state index is 11.9. The monoisotopic (exact) mass is 212 g/mol. The lowest BCUT2D eigenvalue weighted by molar-refractivity contribution is 0.0829. The Bertz CT molecular complexity index is 587. The van der Waals surface area contributed by atoms with Gasteiger partial charge in [0.25, 0.3) is 5.91 Å². The average molecular weight is 212 g/mol. The summed E-state index contributed by atoms with van der Waals surface area (Å²) < 4.78 is 0. The number of amides is 1. The molecule has 1 amide bonds. The third kappa shape index (κ3) is 1.55. The second-order valence-electron chi connectivity index (χ2n) is 3.81. The first-order valence-electron chi connectivity index (χ1n) is 4.93. The summed E-state index contributed by atoms with van der Waals surface area (Å²) >= 11 is 0. The molecule has 2 aromatic rings. The Kier molecular flexibility index (Phi) is 2.41. The highest BCUT2D eigenvalue weighted by Crippen LogP contribution is 2.20. The van der Waals surface area contributed by atoms with Crippen molar-refractivity contribution in [3.05, 3.63) is 35.5 Å². The van der Waals surface area contributed by atoms with Gasteiger partial charge in [0.05, 0.1) is 5.56 Å². The molecule has 1 aromatic carbocycles. The standard InChI is InChI=1S/C13H12N2O/c1-4-9-5-6-12-10(7-9)11(8-14-12)13(16)15(2)3/h1,5-8,14H,2-3H3. The van der Waals surface area contributed by atoms with E-state index in [0.717, 1.165) is 16.5 Å². The molecule has 1 heterocycles. The second-order valence-corrected chi connectivity index (χ2v) is 3.81. The van der Waals surface area contributed by atoms with Crippen LogP contribution in [-0.4, -0.2) is 29.9 Å². The van der Waals surface area contributed by atoms with Crippen LogP contribution in [0.15, 0.2) is 24.4 Å². The third-order valence-corrected chi connectivity index (χ3v) is 2.49. The van der Waals surface area contributed by atoms with E-state index in [1.54, 1.807) is 25.2 Å². The van der Waals surface area contributed by atoms with Crippen LogP contribution >= 0.6 is 0 Å². The molecular weight excluding hydrogens is 200 g/mol. The summed E-state index contributed by atoms with van der Waals surface area (Å²) in [6, 6.07) is 5.59. The van der Waals surface area contributed by atoms with Crippen molar-refractivity contribution in [1.29, 1.82) is 0 Å². The van der Waals surface area contributed by atoms with Gasteiger partial charge in [-0.05, 0) is 18.2 Å². The van der Waals surface area contributed by atoms with E-state index in [1.165, 1.54) is 0 Å². The van der Waals surface area contributed by atoms with Gasteiger partial charge in [0, 0.05) is 36.8 Å². The zero-order chi connectivity index (χ0) is 11.7. The molecule has 80 valence electrons. The molecule has 3 nitrogen and oxygen atoms in total. The first-order valence-corrected chi connectivity index (χ1v) is 4.93. The number of fused-ring (bicyclic) bond motifs is 1. The van der Waals surface area contributed by atoms with E-state index in [1.807, 2.05) is 18.2 Å². The van der Waals surface area contributed by atoms with Gasteiger partial charge in [-0.1, -0.05) is 5.92 Å². The van der Waals surface area contributed by atoms with Gasteiger partial charge in [-0.25, -0.2) is 0 Å². The Morgan fingerprint density at radius 3 is 2.81 bits per heavy atom. The van der Waals surface area contributed by atoms with Crippen LogP contribution in [0.1, 0.15) is 15.9 Å². The highest BCUT2D eigenvalue weighted by molar-refractivity contribution is 6.06. The summed E-state index contributed by atoms with van der Waals surface area (Å²) in [4.78, 5) is 16.5. The average Bonchev–Trinajstić information content (AvgIpc) is 2.70. The van der Waals surface area contributed by atoms with E-state index in [0.29, 0.717) is 5.56 Å². The lowest BCUT2D eigenvalue weighted by Gasteiger charge is -2.08. The number of benzene rings is 1. The highest BCUT2D eigenvalue weighted by Gasteiger charge is 2.13. The summed E-state index contributed by atoms with van der Waals surface area (Å²) in [5.74, 6) is 2.54. The molecule has 0 bridgehead atoms. The molecule has 0 spiro atoms. The van der Waals surface area contributed by atoms with E-state index in [9.17, 15) is 4.79 Å². The zero-order valence-electron chi connectivity index (χ0n) is 9.24. The lowest BCUT2D eigenvalue weighted by atomic mass is 10.1. The topological polar surface area (TPSA) is 36.1 Å². The minimum absolute atomic E-state index is 0.0274. The number of carbonyl (C=O) groups is 1. The van der Waals surface area contributed by atoms with Crippen molar-refractivity contribution >= 4 is 16.8 Å². The molecule has 0 saturated carbocycles. The minimum Gasteiger partial charge on any atom is -0.360 e. The first-order chi connectivity index (χ1) is 7.63. The fourth-order valence-corrected chi connectivity index (χ4v) is 1.63. The van der Waals surface area contributed by atoms with E-state index in [2.05, 4.69) is 10.9 Å². The smallest absolute Gasteiger partial charge is 0.255 e. The number of H-pyrrole nitrogens is 1. The van der Waals surface area contributed by atoms with Crippen LogP contribution in [0.3, 0.4) is 0 Å². The van der Waals surface area contributed by atoms with Gasteiger partial charge in [-0.15, -0.1) is 6.42 Å². The molecule has 0 saturated heterocycles. The maximum absolute atomic E-state index is 11.9. The van der Waals surface area contributed by atoms with Crippen molar-refractivity contribution in [2.24, 2.45) is 0 Å². The van der Waals surface area contributed by atoms with Gasteiger partial charge in [0.15, 0.2) is 0 Å². The molecule has 0 aliphatic heterocycles. The number of nitrogens with zero attached hydrogens (tertiary/aromatic N) is 1. The Hall–Kier alpha value is -2.21. The largest absolute Gasteiger partial charge is 0.360 e. The Labute approximate surface area is 94.1 Å². The molecule has 0 aliphatic carbocycles. The van der Waals surface area contributed by atoms with E-state index < -0.39 is 0 Å². The molecular formula is C13H12N2O. The van der Waals surface area contributed by atoms with E-state index in [4.69, 9.17) is 6.42 Å². The number of carbonyl (C=O) groups excluding carboxylic acids is 1. The van der Waals surface area contributed by atoms with Gasteiger partial charge in [0.1, 0.15) is 0 Å². The molecule has 0 atom stereocenters. The number of rotatable bonds is 1. The zero-order valence-corrected chi connectivity index (χ0v) is 9.24. The fraction of sp³-hybridized carbons (Fsp3) is 0.154. The summed E-state index contributed by atoms with van der Waals surface area (Å²) in [5.41, 5.74) is 2.35. The molecule has 3 heteroatoms. The molecule has 0 unspecified atom stereocenters. The van der Waals surface area contributed by atoms with Crippen LogP contribution in [0.25, 0.3) is 10.9 Å². The Balaban J connectivity index is 2.64. The SMILES string of the molecule is C#Cc1ccc2[nH]cc(C(=O)N(C)C)c2c1. The Morgan fingerprint density at radius 2 is 2.19 bits per heavy atom. The van der Waals surface area contributed by atoms with Crippen LogP contribution in [0.2, 0.25) is 0 Å². The maximum Gasteiger partial charge on any atom is 0.255 e. The van der Waals surface area contributed by atoms with Gasteiger partial charge < -0.3 is 9.88 Å². The quantitative estimate of drug-likeness (QED) is 0.719. The van der Waals surface area contributed by atoms with Gasteiger partial charge in [-0.3, -0.25) is 4.79 Å². The molecule has 0 radical (unpaired) electrons. The second kappa shape index (κ2) is 3.74. The molecule has 1 aromatic heterocycles. The number of terminal acetylenes is 1. The number of hydrogen-bond donors (Lipinski definition) is 1. The molecule has 2 rings (SSSR count). The van der Waals surface area contributed by atoms with Crippen molar-refractivity contribution in [2.75, 3.05) is 14.1 Å². The molecule has 16 heavy (non-hydrogen) atoms. The summed E-state index contributed by atoms with van der Waals surface area (Å²) in [5, 5.41) is 0.870.